The van der Waals surface area contributed by atoms with Crippen LogP contribution in [0.15, 0.2) is 48.5 Å². The molecule has 1 aliphatic heterocycles. The molecule has 5 nitrogen and oxygen atoms in total. The quantitative estimate of drug-likeness (QED) is 0.480. The monoisotopic (exact) mass is 413 g/mol. The topological polar surface area (TPSA) is 39.5 Å². The number of fused-ring (bicyclic) bond motifs is 1. The van der Waals surface area contributed by atoms with Gasteiger partial charge in [-0.15, -0.1) is 5.10 Å². The molecule has 2 heterocycles. The van der Waals surface area contributed by atoms with Crippen molar-refractivity contribution >= 4 is 22.5 Å². The molecule has 1 atom stereocenters. The fourth-order valence-electron chi connectivity index (χ4n) is 4.09. The zero-order valence-corrected chi connectivity index (χ0v) is 17.6. The van der Waals surface area contributed by atoms with E-state index in [1.165, 1.54) is 12.8 Å². The van der Waals surface area contributed by atoms with Crippen LogP contribution in [0.5, 0.6) is 5.88 Å². The van der Waals surface area contributed by atoms with Crippen LogP contribution in [0.3, 0.4) is 0 Å². The third kappa shape index (κ3) is 4.92. The molecular formula is C23H28ClN3O2. The number of hydrogen-bond donors (Lipinski definition) is 0. The summed E-state index contributed by atoms with van der Waals surface area (Å²) in [5, 5.41) is 6.55. The first-order chi connectivity index (χ1) is 14.2. The van der Waals surface area contributed by atoms with Gasteiger partial charge in [0.15, 0.2) is 0 Å². The molecule has 3 aromatic rings. The summed E-state index contributed by atoms with van der Waals surface area (Å²) in [6, 6.07) is 16.7. The van der Waals surface area contributed by atoms with Gasteiger partial charge in [0.05, 0.1) is 30.7 Å². The SMILES string of the molecule is COC[C@@H]1CCCN1CCCOc1nn(Cc2ccc(Cl)cc2)c2ccccc12. The predicted octanol–water partition coefficient (Wildman–Crippen LogP) is 4.62. The molecule has 0 radical (unpaired) electrons. The molecule has 1 saturated heterocycles. The maximum Gasteiger partial charge on any atom is 0.240 e. The maximum absolute atomic E-state index is 6.10. The van der Waals surface area contributed by atoms with Crippen LogP contribution in [0.1, 0.15) is 24.8 Å². The third-order valence-electron chi connectivity index (χ3n) is 5.56. The largest absolute Gasteiger partial charge is 0.476 e. The standard InChI is InChI=1S/C23H28ClN3O2/c1-28-17-20-6-4-13-26(20)14-5-15-29-23-21-7-2-3-8-22(21)27(25-23)16-18-9-11-19(24)12-10-18/h2-3,7-12,20H,4-6,13-17H2,1H3/t20-/m0/s1. The van der Waals surface area contributed by atoms with Crippen LogP contribution < -0.4 is 4.74 Å². The Kier molecular flexibility index (Phi) is 6.70. The lowest BCUT2D eigenvalue weighted by Gasteiger charge is -2.23. The third-order valence-corrected chi connectivity index (χ3v) is 5.81. The first kappa shape index (κ1) is 20.2. The number of halogens is 1. The van der Waals surface area contributed by atoms with E-state index in [1.54, 1.807) is 7.11 Å². The van der Waals surface area contributed by atoms with Crippen molar-refractivity contribution in [2.45, 2.75) is 31.8 Å². The predicted molar refractivity (Wildman–Crippen MR) is 117 cm³/mol. The average Bonchev–Trinajstić information content (AvgIpc) is 3.32. The zero-order chi connectivity index (χ0) is 20.1. The van der Waals surface area contributed by atoms with E-state index in [9.17, 15) is 0 Å². The molecular weight excluding hydrogens is 386 g/mol. The van der Waals surface area contributed by atoms with E-state index in [1.807, 2.05) is 41.1 Å². The van der Waals surface area contributed by atoms with Crippen LogP contribution in [0.4, 0.5) is 0 Å². The van der Waals surface area contributed by atoms with Crippen LogP contribution in [-0.4, -0.2) is 54.1 Å². The Morgan fingerprint density at radius 2 is 1.97 bits per heavy atom. The van der Waals surface area contributed by atoms with Gasteiger partial charge in [-0.05, 0) is 55.6 Å². The van der Waals surface area contributed by atoms with Gasteiger partial charge < -0.3 is 9.47 Å². The van der Waals surface area contributed by atoms with Crippen molar-refractivity contribution in [2.75, 3.05) is 33.4 Å². The fraction of sp³-hybridized carbons (Fsp3) is 0.435. The number of aromatic nitrogens is 2. The highest BCUT2D eigenvalue weighted by molar-refractivity contribution is 6.30. The van der Waals surface area contributed by atoms with Crippen molar-refractivity contribution in [2.24, 2.45) is 0 Å². The molecule has 4 rings (SSSR count). The van der Waals surface area contributed by atoms with Crippen molar-refractivity contribution in [3.05, 3.63) is 59.1 Å². The van der Waals surface area contributed by atoms with Crippen molar-refractivity contribution in [3.8, 4) is 5.88 Å². The van der Waals surface area contributed by atoms with E-state index >= 15 is 0 Å². The van der Waals surface area contributed by atoms with Gasteiger partial charge in [-0.1, -0.05) is 35.9 Å². The Morgan fingerprint density at radius 1 is 1.14 bits per heavy atom. The number of ether oxygens (including phenoxy) is 2. The highest BCUT2D eigenvalue weighted by Crippen LogP contribution is 2.26. The summed E-state index contributed by atoms with van der Waals surface area (Å²) in [6.45, 7) is 4.37. The van der Waals surface area contributed by atoms with Gasteiger partial charge in [-0.2, -0.15) is 0 Å². The number of para-hydroxylation sites is 1. The molecule has 0 saturated carbocycles. The molecule has 1 aromatic heterocycles. The molecule has 0 aliphatic carbocycles. The highest BCUT2D eigenvalue weighted by atomic mass is 35.5. The average molecular weight is 414 g/mol. The van der Waals surface area contributed by atoms with Crippen molar-refractivity contribution < 1.29 is 9.47 Å². The molecule has 154 valence electrons. The Balaban J connectivity index is 1.39. The van der Waals surface area contributed by atoms with Gasteiger partial charge in [0, 0.05) is 24.7 Å². The lowest BCUT2D eigenvalue weighted by molar-refractivity contribution is 0.111. The number of rotatable bonds is 9. The number of likely N-dealkylation sites (tertiary alicyclic amines) is 1. The van der Waals surface area contributed by atoms with Gasteiger partial charge in [0.2, 0.25) is 5.88 Å². The molecule has 1 aliphatic rings. The Hall–Kier alpha value is -2.08. The molecule has 2 aromatic carbocycles. The Morgan fingerprint density at radius 3 is 2.79 bits per heavy atom. The lowest BCUT2D eigenvalue weighted by atomic mass is 10.2. The van der Waals surface area contributed by atoms with Crippen LogP contribution in [0.25, 0.3) is 10.9 Å². The van der Waals surface area contributed by atoms with Gasteiger partial charge in [-0.3, -0.25) is 9.58 Å². The fourth-order valence-corrected chi connectivity index (χ4v) is 4.22. The minimum Gasteiger partial charge on any atom is -0.476 e. The molecule has 0 unspecified atom stereocenters. The number of hydrogen-bond acceptors (Lipinski definition) is 4. The molecule has 0 spiro atoms. The summed E-state index contributed by atoms with van der Waals surface area (Å²) in [4.78, 5) is 2.52. The second-order valence-electron chi connectivity index (χ2n) is 7.60. The number of benzene rings is 2. The minimum absolute atomic E-state index is 0.555. The molecule has 6 heteroatoms. The van der Waals surface area contributed by atoms with E-state index in [0.29, 0.717) is 25.1 Å². The number of nitrogens with zero attached hydrogens (tertiary/aromatic N) is 3. The van der Waals surface area contributed by atoms with Gasteiger partial charge >= 0.3 is 0 Å². The summed E-state index contributed by atoms with van der Waals surface area (Å²) in [5.41, 5.74) is 2.24. The van der Waals surface area contributed by atoms with E-state index in [2.05, 4.69) is 17.0 Å². The summed E-state index contributed by atoms with van der Waals surface area (Å²) >= 11 is 6.01. The van der Waals surface area contributed by atoms with Crippen LogP contribution in [0, 0.1) is 0 Å². The molecule has 0 bridgehead atoms. The van der Waals surface area contributed by atoms with Crippen molar-refractivity contribution in [1.29, 1.82) is 0 Å². The second kappa shape index (κ2) is 9.61. The summed E-state index contributed by atoms with van der Waals surface area (Å²) in [5.74, 6) is 0.712. The summed E-state index contributed by atoms with van der Waals surface area (Å²) in [7, 11) is 1.78. The first-order valence-corrected chi connectivity index (χ1v) is 10.7. The van der Waals surface area contributed by atoms with E-state index in [-0.39, 0.29) is 0 Å². The van der Waals surface area contributed by atoms with Gasteiger partial charge in [0.1, 0.15) is 0 Å². The van der Waals surface area contributed by atoms with Crippen molar-refractivity contribution in [1.82, 2.24) is 14.7 Å². The van der Waals surface area contributed by atoms with Crippen LogP contribution in [-0.2, 0) is 11.3 Å². The Bertz CT molecular complexity index is 926. The smallest absolute Gasteiger partial charge is 0.240 e. The van der Waals surface area contributed by atoms with E-state index in [0.717, 1.165) is 47.6 Å². The van der Waals surface area contributed by atoms with Crippen LogP contribution >= 0.6 is 11.6 Å². The second-order valence-corrected chi connectivity index (χ2v) is 8.03. The maximum atomic E-state index is 6.10. The number of methoxy groups -OCH3 is 1. The first-order valence-electron chi connectivity index (χ1n) is 10.3. The van der Waals surface area contributed by atoms with E-state index < -0.39 is 0 Å². The summed E-state index contributed by atoms with van der Waals surface area (Å²) in [6.07, 6.45) is 3.47. The van der Waals surface area contributed by atoms with Crippen LogP contribution in [0.2, 0.25) is 5.02 Å². The lowest BCUT2D eigenvalue weighted by Crippen LogP contribution is -2.34. The molecule has 29 heavy (non-hydrogen) atoms. The Labute approximate surface area is 177 Å². The molecule has 0 amide bonds. The highest BCUT2D eigenvalue weighted by Gasteiger charge is 2.23. The normalized spacial score (nSPS) is 17.2. The summed E-state index contributed by atoms with van der Waals surface area (Å²) < 4.78 is 13.4. The molecule has 1 fully saturated rings. The molecule has 0 N–H and O–H groups in total. The van der Waals surface area contributed by atoms with Gasteiger partial charge in [0.25, 0.3) is 0 Å². The van der Waals surface area contributed by atoms with Crippen molar-refractivity contribution in [3.63, 3.8) is 0 Å². The van der Waals surface area contributed by atoms with Gasteiger partial charge in [-0.25, -0.2) is 0 Å². The zero-order valence-electron chi connectivity index (χ0n) is 16.9. The minimum atomic E-state index is 0.555. The van der Waals surface area contributed by atoms with E-state index in [4.69, 9.17) is 26.2 Å².